The van der Waals surface area contributed by atoms with E-state index in [-0.39, 0.29) is 0 Å². The van der Waals surface area contributed by atoms with Crippen molar-refractivity contribution in [1.29, 1.82) is 0 Å². The lowest BCUT2D eigenvalue weighted by atomic mass is 10.1. The molecule has 0 aliphatic carbocycles. The smallest absolute Gasteiger partial charge is 0.00185 e. The van der Waals surface area contributed by atoms with E-state index in [9.17, 15) is 0 Å². The van der Waals surface area contributed by atoms with Gasteiger partial charge in [-0.3, -0.25) is 0 Å². The molecule has 0 unspecified atom stereocenters. The lowest BCUT2D eigenvalue weighted by Crippen LogP contribution is -2.29. The molecule has 0 aromatic carbocycles. The standard InChI is InChI=1S/C8H15N/c1-3-9-6-4-8(2)5-7-9/h2-7H2,1H3. The van der Waals surface area contributed by atoms with Gasteiger partial charge in [0.15, 0.2) is 0 Å². The van der Waals surface area contributed by atoms with Gasteiger partial charge in [0.1, 0.15) is 0 Å². The Balaban J connectivity index is 2.26. The second kappa shape index (κ2) is 3.02. The van der Waals surface area contributed by atoms with Gasteiger partial charge in [0.2, 0.25) is 0 Å². The number of piperidine rings is 1. The first-order valence-electron chi connectivity index (χ1n) is 3.72. The van der Waals surface area contributed by atoms with Crippen molar-refractivity contribution in [2.24, 2.45) is 0 Å². The van der Waals surface area contributed by atoms with E-state index in [1.54, 1.807) is 0 Å². The highest BCUT2D eigenvalue weighted by molar-refractivity contribution is 4.98. The van der Waals surface area contributed by atoms with Crippen LogP contribution in [0.5, 0.6) is 0 Å². The molecule has 1 saturated heterocycles. The molecular formula is C8H15N. The summed E-state index contributed by atoms with van der Waals surface area (Å²) in [5.41, 5.74) is 1.43. The predicted molar refractivity (Wildman–Crippen MR) is 40.5 cm³/mol. The summed E-state index contributed by atoms with van der Waals surface area (Å²) in [7, 11) is 0. The van der Waals surface area contributed by atoms with Crippen molar-refractivity contribution in [3.63, 3.8) is 0 Å². The number of rotatable bonds is 1. The van der Waals surface area contributed by atoms with E-state index in [1.807, 2.05) is 0 Å². The van der Waals surface area contributed by atoms with Gasteiger partial charge in [0, 0.05) is 13.1 Å². The summed E-state index contributed by atoms with van der Waals surface area (Å²) in [6.07, 6.45) is 2.43. The lowest BCUT2D eigenvalue weighted by molar-refractivity contribution is 0.270. The van der Waals surface area contributed by atoms with Crippen molar-refractivity contribution in [3.05, 3.63) is 12.2 Å². The second-order valence-corrected chi connectivity index (χ2v) is 2.68. The molecule has 0 saturated carbocycles. The summed E-state index contributed by atoms with van der Waals surface area (Å²) in [5.74, 6) is 0. The zero-order valence-corrected chi connectivity index (χ0v) is 6.19. The van der Waals surface area contributed by atoms with Gasteiger partial charge in [-0.25, -0.2) is 0 Å². The molecule has 0 aromatic heterocycles. The minimum atomic E-state index is 1.20. The molecule has 9 heavy (non-hydrogen) atoms. The molecule has 0 bridgehead atoms. The summed E-state index contributed by atoms with van der Waals surface area (Å²) < 4.78 is 0. The molecule has 1 heterocycles. The van der Waals surface area contributed by atoms with Crippen LogP contribution in [0.1, 0.15) is 19.8 Å². The molecule has 0 atom stereocenters. The van der Waals surface area contributed by atoms with Crippen LogP contribution < -0.4 is 0 Å². The van der Waals surface area contributed by atoms with E-state index in [2.05, 4.69) is 18.4 Å². The molecule has 1 aliphatic heterocycles. The third-order valence-electron chi connectivity index (χ3n) is 2.01. The fourth-order valence-corrected chi connectivity index (χ4v) is 1.19. The molecule has 1 rings (SSSR count). The molecule has 1 nitrogen and oxygen atoms in total. The fraction of sp³-hybridized carbons (Fsp3) is 0.750. The van der Waals surface area contributed by atoms with Crippen LogP contribution in [0.25, 0.3) is 0 Å². The van der Waals surface area contributed by atoms with Crippen LogP contribution in [0.3, 0.4) is 0 Å². The number of hydrogen-bond acceptors (Lipinski definition) is 1. The van der Waals surface area contributed by atoms with Crippen LogP contribution in [0, 0.1) is 0 Å². The van der Waals surface area contributed by atoms with Gasteiger partial charge in [-0.2, -0.15) is 0 Å². The van der Waals surface area contributed by atoms with E-state index in [4.69, 9.17) is 0 Å². The van der Waals surface area contributed by atoms with Gasteiger partial charge in [0.25, 0.3) is 0 Å². The molecule has 0 amide bonds. The molecule has 0 radical (unpaired) electrons. The molecule has 52 valence electrons. The first-order valence-corrected chi connectivity index (χ1v) is 3.72. The lowest BCUT2D eigenvalue weighted by Gasteiger charge is -2.25. The van der Waals surface area contributed by atoms with Gasteiger partial charge in [0.05, 0.1) is 0 Å². The molecule has 0 N–H and O–H groups in total. The van der Waals surface area contributed by atoms with Gasteiger partial charge >= 0.3 is 0 Å². The molecular weight excluding hydrogens is 110 g/mol. The van der Waals surface area contributed by atoms with E-state index >= 15 is 0 Å². The Morgan fingerprint density at radius 3 is 2.44 bits per heavy atom. The Kier molecular flexibility index (Phi) is 2.29. The topological polar surface area (TPSA) is 3.24 Å². The first-order chi connectivity index (χ1) is 4.33. The van der Waals surface area contributed by atoms with E-state index < -0.39 is 0 Å². The molecule has 0 spiro atoms. The Morgan fingerprint density at radius 2 is 2.00 bits per heavy atom. The third-order valence-corrected chi connectivity index (χ3v) is 2.01. The number of nitrogens with zero attached hydrogens (tertiary/aromatic N) is 1. The first kappa shape index (κ1) is 6.81. The zero-order chi connectivity index (χ0) is 6.69. The van der Waals surface area contributed by atoms with Crippen molar-refractivity contribution in [3.8, 4) is 0 Å². The Hall–Kier alpha value is -0.300. The highest BCUT2D eigenvalue weighted by Crippen LogP contribution is 2.12. The van der Waals surface area contributed by atoms with Gasteiger partial charge < -0.3 is 4.90 Å². The second-order valence-electron chi connectivity index (χ2n) is 2.68. The van der Waals surface area contributed by atoms with Crippen LogP contribution in [0.4, 0.5) is 0 Å². The Labute approximate surface area is 57.4 Å². The summed E-state index contributed by atoms with van der Waals surface area (Å²) in [6, 6.07) is 0. The van der Waals surface area contributed by atoms with E-state index in [0.29, 0.717) is 0 Å². The van der Waals surface area contributed by atoms with E-state index in [1.165, 1.54) is 38.0 Å². The summed E-state index contributed by atoms with van der Waals surface area (Å²) >= 11 is 0. The van der Waals surface area contributed by atoms with Crippen molar-refractivity contribution >= 4 is 0 Å². The molecule has 1 fully saturated rings. The quantitative estimate of drug-likeness (QED) is 0.482. The SMILES string of the molecule is C=C1CCN(CC)CC1. The minimum Gasteiger partial charge on any atom is -0.303 e. The maximum absolute atomic E-state index is 3.96. The van der Waals surface area contributed by atoms with Gasteiger partial charge in [-0.05, 0) is 19.4 Å². The fourth-order valence-electron chi connectivity index (χ4n) is 1.19. The maximum Gasteiger partial charge on any atom is 0.00185 e. The minimum absolute atomic E-state index is 1.20. The van der Waals surface area contributed by atoms with Crippen molar-refractivity contribution in [1.82, 2.24) is 4.90 Å². The van der Waals surface area contributed by atoms with E-state index in [0.717, 1.165) is 0 Å². The number of hydrogen-bond donors (Lipinski definition) is 0. The van der Waals surface area contributed by atoms with Crippen LogP contribution in [-0.4, -0.2) is 24.5 Å². The van der Waals surface area contributed by atoms with Crippen molar-refractivity contribution in [2.45, 2.75) is 19.8 Å². The average molecular weight is 125 g/mol. The maximum atomic E-state index is 3.96. The van der Waals surface area contributed by atoms with Gasteiger partial charge in [-0.1, -0.05) is 19.1 Å². The molecule has 1 aliphatic rings. The van der Waals surface area contributed by atoms with Crippen LogP contribution in [0.2, 0.25) is 0 Å². The summed E-state index contributed by atoms with van der Waals surface area (Å²) in [5, 5.41) is 0. The van der Waals surface area contributed by atoms with Crippen LogP contribution in [0.15, 0.2) is 12.2 Å². The highest BCUT2D eigenvalue weighted by atomic mass is 15.1. The average Bonchev–Trinajstić information content (AvgIpc) is 1.90. The predicted octanol–water partition coefficient (Wildman–Crippen LogP) is 1.66. The summed E-state index contributed by atoms with van der Waals surface area (Å²) in [6.45, 7) is 9.84. The Bertz CT molecular complexity index is 97.1. The van der Waals surface area contributed by atoms with Crippen molar-refractivity contribution < 1.29 is 0 Å². The normalized spacial score (nSPS) is 22.6. The van der Waals surface area contributed by atoms with Crippen LogP contribution >= 0.6 is 0 Å². The third kappa shape index (κ3) is 1.83. The Morgan fingerprint density at radius 1 is 1.44 bits per heavy atom. The van der Waals surface area contributed by atoms with Crippen molar-refractivity contribution in [2.75, 3.05) is 19.6 Å². The molecule has 0 aromatic rings. The summed E-state index contributed by atoms with van der Waals surface area (Å²) in [4.78, 5) is 2.47. The largest absolute Gasteiger partial charge is 0.303 e. The van der Waals surface area contributed by atoms with Gasteiger partial charge in [-0.15, -0.1) is 0 Å². The molecule has 1 heteroatoms. The zero-order valence-electron chi connectivity index (χ0n) is 6.19. The number of likely N-dealkylation sites (tertiary alicyclic amines) is 1. The van der Waals surface area contributed by atoms with Crippen LogP contribution in [-0.2, 0) is 0 Å². The monoisotopic (exact) mass is 125 g/mol. The highest BCUT2D eigenvalue weighted by Gasteiger charge is 2.08.